The molecule has 1 amide bonds. The second-order valence-electron chi connectivity index (χ2n) is 10.9. The molecule has 2 aliphatic heterocycles. The summed E-state index contributed by atoms with van der Waals surface area (Å²) < 4.78 is 38.0. The van der Waals surface area contributed by atoms with E-state index in [0.717, 1.165) is 17.1 Å². The number of nitrogens with zero attached hydrogens (tertiary/aromatic N) is 1. The number of rotatable bonds is 4. The van der Waals surface area contributed by atoms with Gasteiger partial charge in [-0.3, -0.25) is 19.7 Å². The Hall–Kier alpha value is -2.46. The van der Waals surface area contributed by atoms with Crippen LogP contribution in [0.5, 0.6) is 0 Å². The zero-order valence-electron chi connectivity index (χ0n) is 20.4. The number of sulfonamides is 1. The number of hydrogen-bond acceptors (Lipinski definition) is 8. The van der Waals surface area contributed by atoms with Crippen LogP contribution in [0.15, 0.2) is 30.3 Å². The zero-order valence-corrected chi connectivity index (χ0v) is 21.2. The van der Waals surface area contributed by atoms with Crippen molar-refractivity contribution in [3.05, 3.63) is 35.9 Å². The lowest BCUT2D eigenvalue weighted by molar-refractivity contribution is -0.158. The number of carbonyl (C=O) groups excluding carboxylic acids is 3. The number of methoxy groups -OCH3 is 2. The van der Waals surface area contributed by atoms with Gasteiger partial charge in [0, 0.05) is 11.5 Å². The molecule has 2 bridgehead atoms. The summed E-state index contributed by atoms with van der Waals surface area (Å²) in [4.78, 5) is 40.0. The molecule has 10 heteroatoms. The molecule has 1 spiro atoms. The van der Waals surface area contributed by atoms with Crippen LogP contribution in [0.2, 0.25) is 0 Å². The van der Waals surface area contributed by atoms with Crippen LogP contribution in [0.25, 0.3) is 0 Å². The second-order valence-corrected chi connectivity index (χ2v) is 12.7. The molecule has 4 aliphatic rings. The van der Waals surface area contributed by atoms with Gasteiger partial charge in [-0.05, 0) is 36.2 Å². The Balaban J connectivity index is 1.57. The van der Waals surface area contributed by atoms with Crippen LogP contribution in [0.3, 0.4) is 0 Å². The minimum atomic E-state index is -3.90. The van der Waals surface area contributed by atoms with Crippen molar-refractivity contribution in [2.75, 3.05) is 20.0 Å². The van der Waals surface area contributed by atoms with Gasteiger partial charge in [-0.1, -0.05) is 44.2 Å². The van der Waals surface area contributed by atoms with Crippen LogP contribution in [-0.4, -0.2) is 62.6 Å². The van der Waals surface area contributed by atoms with Gasteiger partial charge in [-0.15, -0.1) is 0 Å². The number of ether oxygens (including phenoxy) is 2. The molecule has 35 heavy (non-hydrogen) atoms. The number of carbonyl (C=O) groups is 3. The predicted molar refractivity (Wildman–Crippen MR) is 125 cm³/mol. The number of hydrogen-bond donors (Lipinski definition) is 1. The first-order valence-electron chi connectivity index (χ1n) is 12.0. The number of nitrogens with one attached hydrogen (secondary N) is 1. The van der Waals surface area contributed by atoms with Crippen LogP contribution in [0, 0.1) is 28.6 Å². The first-order valence-corrected chi connectivity index (χ1v) is 13.6. The monoisotopic (exact) mass is 504 g/mol. The Bertz CT molecular complexity index is 1170. The summed E-state index contributed by atoms with van der Waals surface area (Å²) in [5.41, 5.74) is -0.00777. The van der Waals surface area contributed by atoms with E-state index in [1.54, 1.807) is 24.3 Å². The summed E-state index contributed by atoms with van der Waals surface area (Å²) in [7, 11) is -1.49. The van der Waals surface area contributed by atoms with E-state index in [-0.39, 0.29) is 11.2 Å². The van der Waals surface area contributed by atoms with Gasteiger partial charge in [0.25, 0.3) is 5.91 Å². The van der Waals surface area contributed by atoms with Crippen molar-refractivity contribution in [2.24, 2.45) is 28.6 Å². The molecular formula is C25H32N2O7S. The highest BCUT2D eigenvalue weighted by atomic mass is 32.2. The molecule has 0 unspecified atom stereocenters. The molecule has 2 saturated carbocycles. The van der Waals surface area contributed by atoms with Crippen LogP contribution in [0.1, 0.15) is 44.7 Å². The normalized spacial score (nSPS) is 38.2. The van der Waals surface area contributed by atoms with E-state index in [4.69, 9.17) is 9.47 Å². The Labute approximate surface area is 205 Å². The second kappa shape index (κ2) is 8.03. The van der Waals surface area contributed by atoms with E-state index in [0.29, 0.717) is 17.9 Å². The Kier molecular flexibility index (Phi) is 5.56. The quantitative estimate of drug-likeness (QED) is 0.615. The van der Waals surface area contributed by atoms with E-state index in [1.165, 1.54) is 14.2 Å². The Morgan fingerprint density at radius 3 is 2.26 bits per heavy atom. The molecule has 7 atom stereocenters. The zero-order chi connectivity index (χ0) is 25.3. The third-order valence-corrected chi connectivity index (χ3v) is 11.4. The fraction of sp³-hybridized carbons (Fsp3) is 0.640. The van der Waals surface area contributed by atoms with E-state index in [9.17, 15) is 22.8 Å². The first-order chi connectivity index (χ1) is 16.5. The van der Waals surface area contributed by atoms with Gasteiger partial charge in [-0.25, -0.2) is 12.7 Å². The van der Waals surface area contributed by atoms with Gasteiger partial charge in [0.15, 0.2) is 0 Å². The molecular weight excluding hydrogens is 472 g/mol. The minimum Gasteiger partial charge on any atom is -0.469 e. The standard InChI is InChI=1S/C25H32N2O7S/c1-24(2)15-10-11-25(24)13-35(31,32)27(16(25)12-15)21(28)20-18(23(30)34-4)17(22(29)33-3)19(26-20)14-8-6-5-7-9-14/h5-9,15-20,26H,10-13H2,1-4H3/t15-,16-,17+,18-,19+,20+,25-/m0/s1. The average molecular weight is 505 g/mol. The SMILES string of the molecule is COC(=O)[C@@H]1[C@H](C(=O)OC)[C@H](C(=O)N2[C@H]3C[C@@H]4CC[C@@]3(CS2(=O)=O)C4(C)C)N[C@@H]1c1ccccc1. The van der Waals surface area contributed by atoms with E-state index >= 15 is 0 Å². The lowest BCUT2D eigenvalue weighted by Crippen LogP contribution is -2.53. The number of esters is 2. The maximum Gasteiger partial charge on any atom is 0.311 e. The van der Waals surface area contributed by atoms with Gasteiger partial charge in [0.05, 0.1) is 37.9 Å². The summed E-state index contributed by atoms with van der Waals surface area (Å²) in [6.07, 6.45) is 2.33. The fourth-order valence-electron chi connectivity index (χ4n) is 7.56. The van der Waals surface area contributed by atoms with Gasteiger partial charge in [-0.2, -0.15) is 0 Å². The summed E-state index contributed by atoms with van der Waals surface area (Å²) in [5.74, 6) is -4.15. The lowest BCUT2D eigenvalue weighted by Gasteiger charge is -2.37. The maximum absolute atomic E-state index is 14.1. The topological polar surface area (TPSA) is 119 Å². The third-order valence-electron chi connectivity index (χ3n) is 9.46. The largest absolute Gasteiger partial charge is 0.469 e. The third kappa shape index (κ3) is 3.21. The summed E-state index contributed by atoms with van der Waals surface area (Å²) >= 11 is 0. The van der Waals surface area contributed by atoms with Crippen LogP contribution < -0.4 is 5.32 Å². The summed E-state index contributed by atoms with van der Waals surface area (Å²) in [6, 6.07) is 6.56. The van der Waals surface area contributed by atoms with Crippen LogP contribution in [-0.2, 0) is 33.9 Å². The fourth-order valence-corrected chi connectivity index (χ4v) is 10.1. The number of benzene rings is 1. The highest BCUT2D eigenvalue weighted by Gasteiger charge is 2.73. The predicted octanol–water partition coefficient (Wildman–Crippen LogP) is 1.64. The molecule has 2 aliphatic carbocycles. The molecule has 0 aromatic heterocycles. The molecule has 2 heterocycles. The van der Waals surface area contributed by atoms with Gasteiger partial charge >= 0.3 is 11.9 Å². The lowest BCUT2D eigenvalue weighted by atomic mass is 9.69. The molecule has 2 saturated heterocycles. The molecule has 4 fully saturated rings. The highest BCUT2D eigenvalue weighted by Crippen LogP contribution is 2.70. The Morgan fingerprint density at radius 1 is 1.03 bits per heavy atom. The van der Waals surface area contributed by atoms with Gasteiger partial charge < -0.3 is 9.47 Å². The highest BCUT2D eigenvalue weighted by molar-refractivity contribution is 7.90. The van der Waals surface area contributed by atoms with Crippen molar-refractivity contribution in [3.8, 4) is 0 Å². The molecule has 1 aromatic carbocycles. The minimum absolute atomic E-state index is 0.0714. The number of fused-ring (bicyclic) bond motifs is 1. The molecule has 1 N–H and O–H groups in total. The van der Waals surface area contributed by atoms with E-state index < -0.39 is 63.2 Å². The molecule has 190 valence electrons. The van der Waals surface area contributed by atoms with Crippen molar-refractivity contribution >= 4 is 27.9 Å². The van der Waals surface area contributed by atoms with E-state index in [2.05, 4.69) is 19.2 Å². The van der Waals surface area contributed by atoms with Crippen molar-refractivity contribution < 1.29 is 32.3 Å². The van der Waals surface area contributed by atoms with Crippen molar-refractivity contribution in [1.29, 1.82) is 0 Å². The summed E-state index contributed by atoms with van der Waals surface area (Å²) in [6.45, 7) is 4.22. The number of amides is 1. The average Bonchev–Trinajstić information content (AvgIpc) is 3.48. The molecule has 5 rings (SSSR count). The van der Waals surface area contributed by atoms with Gasteiger partial charge in [0.1, 0.15) is 6.04 Å². The van der Waals surface area contributed by atoms with Crippen molar-refractivity contribution in [1.82, 2.24) is 9.62 Å². The molecule has 0 radical (unpaired) electrons. The van der Waals surface area contributed by atoms with Crippen LogP contribution >= 0.6 is 0 Å². The smallest absolute Gasteiger partial charge is 0.311 e. The first kappa shape index (κ1) is 24.2. The van der Waals surface area contributed by atoms with Crippen molar-refractivity contribution in [2.45, 2.75) is 51.2 Å². The van der Waals surface area contributed by atoms with E-state index in [1.807, 2.05) is 6.07 Å². The Morgan fingerprint density at radius 2 is 1.66 bits per heavy atom. The van der Waals surface area contributed by atoms with Crippen LogP contribution in [0.4, 0.5) is 0 Å². The molecule has 1 aromatic rings. The molecule has 9 nitrogen and oxygen atoms in total. The van der Waals surface area contributed by atoms with Crippen molar-refractivity contribution in [3.63, 3.8) is 0 Å². The maximum atomic E-state index is 14.1. The van der Waals surface area contributed by atoms with Gasteiger partial charge in [0.2, 0.25) is 10.0 Å². The summed E-state index contributed by atoms with van der Waals surface area (Å²) in [5, 5.41) is 3.14.